The Bertz CT molecular complexity index is 657. The van der Waals surface area contributed by atoms with Gasteiger partial charge in [0, 0.05) is 17.1 Å². The van der Waals surface area contributed by atoms with E-state index in [9.17, 15) is 4.79 Å². The lowest BCUT2D eigenvalue weighted by molar-refractivity contribution is -0.115. The summed E-state index contributed by atoms with van der Waals surface area (Å²) in [6.45, 7) is 0. The number of nitrogens with zero attached hydrogens (tertiary/aromatic N) is 2. The van der Waals surface area contributed by atoms with Crippen molar-refractivity contribution >= 4 is 22.5 Å². The number of aromatic amines is 1. The second kappa shape index (κ2) is 4.38. The van der Waals surface area contributed by atoms with Crippen LogP contribution in [0.2, 0.25) is 0 Å². The Hall–Kier alpha value is -2.79. The monoisotopic (exact) mass is 224 g/mol. The number of nitriles is 2. The summed E-state index contributed by atoms with van der Waals surface area (Å²) in [4.78, 5) is 14.3. The third kappa shape index (κ3) is 2.09. The van der Waals surface area contributed by atoms with E-state index in [0.29, 0.717) is 11.3 Å². The molecular weight excluding hydrogens is 216 g/mol. The van der Waals surface area contributed by atoms with Gasteiger partial charge in [-0.1, -0.05) is 0 Å². The van der Waals surface area contributed by atoms with Gasteiger partial charge in [0.05, 0.1) is 23.4 Å². The molecule has 0 unspecified atom stereocenters. The third-order valence-electron chi connectivity index (χ3n) is 2.31. The van der Waals surface area contributed by atoms with Crippen molar-refractivity contribution in [1.29, 1.82) is 10.5 Å². The number of carbonyl (C=O) groups is 1. The highest BCUT2D eigenvalue weighted by molar-refractivity contribution is 6.02. The number of fused-ring (bicyclic) bond motifs is 1. The second-order valence-corrected chi connectivity index (χ2v) is 3.46. The van der Waals surface area contributed by atoms with Crippen LogP contribution in [0.25, 0.3) is 10.9 Å². The van der Waals surface area contributed by atoms with Gasteiger partial charge in [-0.15, -0.1) is 0 Å². The molecule has 1 amide bonds. The summed E-state index contributed by atoms with van der Waals surface area (Å²) in [6, 6.07) is 8.89. The number of anilines is 1. The molecule has 0 fully saturated rings. The Morgan fingerprint density at radius 1 is 1.41 bits per heavy atom. The van der Waals surface area contributed by atoms with Crippen molar-refractivity contribution in [3.63, 3.8) is 0 Å². The van der Waals surface area contributed by atoms with Gasteiger partial charge in [0.15, 0.2) is 0 Å². The molecule has 0 aliphatic rings. The molecule has 0 radical (unpaired) electrons. The molecule has 2 aromatic rings. The van der Waals surface area contributed by atoms with Gasteiger partial charge >= 0.3 is 0 Å². The first kappa shape index (κ1) is 10.7. The summed E-state index contributed by atoms with van der Waals surface area (Å²) < 4.78 is 0. The average Bonchev–Trinajstić information content (AvgIpc) is 2.77. The molecule has 0 spiro atoms. The van der Waals surface area contributed by atoms with Crippen molar-refractivity contribution in [1.82, 2.24) is 4.98 Å². The van der Waals surface area contributed by atoms with E-state index < -0.39 is 0 Å². The van der Waals surface area contributed by atoms with Crippen LogP contribution in [0.3, 0.4) is 0 Å². The summed E-state index contributed by atoms with van der Waals surface area (Å²) in [6.07, 6.45) is 1.52. The molecule has 1 aromatic heterocycles. The molecular formula is C12H8N4O. The van der Waals surface area contributed by atoms with Crippen LogP contribution in [0.5, 0.6) is 0 Å². The highest BCUT2D eigenvalue weighted by Crippen LogP contribution is 2.24. The summed E-state index contributed by atoms with van der Waals surface area (Å²) in [7, 11) is 0. The number of nitrogens with one attached hydrogen (secondary N) is 2. The van der Waals surface area contributed by atoms with Gasteiger partial charge in [-0.3, -0.25) is 4.79 Å². The molecule has 82 valence electrons. The third-order valence-corrected chi connectivity index (χ3v) is 2.31. The second-order valence-electron chi connectivity index (χ2n) is 3.46. The van der Waals surface area contributed by atoms with Crippen molar-refractivity contribution in [3.05, 3.63) is 30.0 Å². The first-order valence-electron chi connectivity index (χ1n) is 4.92. The number of benzene rings is 1. The minimum Gasteiger partial charge on any atom is -0.361 e. The lowest BCUT2D eigenvalue weighted by atomic mass is 10.1. The Balaban J connectivity index is 2.45. The number of hydrogen-bond donors (Lipinski definition) is 2. The Kier molecular flexibility index (Phi) is 2.76. The van der Waals surface area contributed by atoms with Crippen LogP contribution in [0, 0.1) is 22.7 Å². The highest BCUT2D eigenvalue weighted by Gasteiger charge is 2.08. The predicted molar refractivity (Wildman–Crippen MR) is 61.9 cm³/mol. The molecule has 1 heterocycles. The number of rotatable bonds is 2. The van der Waals surface area contributed by atoms with E-state index >= 15 is 0 Å². The van der Waals surface area contributed by atoms with Crippen molar-refractivity contribution in [2.75, 3.05) is 5.32 Å². The molecule has 0 aliphatic heterocycles. The lowest BCUT2D eigenvalue weighted by Gasteiger charge is -2.05. The topological polar surface area (TPSA) is 92.5 Å². The van der Waals surface area contributed by atoms with Crippen LogP contribution in [0.4, 0.5) is 5.69 Å². The van der Waals surface area contributed by atoms with Crippen LogP contribution in [0.15, 0.2) is 24.4 Å². The fraction of sp³-hybridized carbons (Fsp3) is 0.0833. The lowest BCUT2D eigenvalue weighted by Crippen LogP contribution is -2.10. The average molecular weight is 224 g/mol. The van der Waals surface area contributed by atoms with E-state index in [1.807, 2.05) is 6.07 Å². The van der Waals surface area contributed by atoms with Gasteiger partial charge < -0.3 is 10.3 Å². The summed E-state index contributed by atoms with van der Waals surface area (Å²) in [5, 5.41) is 20.7. The van der Waals surface area contributed by atoms with E-state index in [1.165, 1.54) is 0 Å². The molecule has 1 aromatic carbocycles. The summed E-state index contributed by atoms with van der Waals surface area (Å²) in [5.74, 6) is -0.384. The van der Waals surface area contributed by atoms with E-state index in [0.717, 1.165) is 10.9 Å². The number of amides is 1. The first-order valence-corrected chi connectivity index (χ1v) is 4.92. The molecule has 2 N–H and O–H groups in total. The molecule has 0 aliphatic carbocycles. The standard InChI is InChI=1S/C12H8N4O/c13-3-1-12(17)16-11-6-8(7-14)5-10-9(11)2-4-15-10/h2,4-6,15H,1H2,(H,16,17). The van der Waals surface area contributed by atoms with Gasteiger partial charge in [-0.25, -0.2) is 0 Å². The van der Waals surface area contributed by atoms with Crippen molar-refractivity contribution in [2.45, 2.75) is 6.42 Å². The zero-order chi connectivity index (χ0) is 12.3. The Morgan fingerprint density at radius 3 is 2.94 bits per heavy atom. The Labute approximate surface area is 97.3 Å². The maximum atomic E-state index is 11.4. The van der Waals surface area contributed by atoms with Gasteiger partial charge in [-0.05, 0) is 18.2 Å². The summed E-state index contributed by atoms with van der Waals surface area (Å²) >= 11 is 0. The fourth-order valence-electron chi connectivity index (χ4n) is 1.60. The molecule has 5 nitrogen and oxygen atoms in total. The maximum Gasteiger partial charge on any atom is 0.238 e. The zero-order valence-electron chi connectivity index (χ0n) is 8.82. The molecule has 0 bridgehead atoms. The van der Waals surface area contributed by atoms with Crippen molar-refractivity contribution in [3.8, 4) is 12.1 Å². The van der Waals surface area contributed by atoms with Crippen LogP contribution in [-0.4, -0.2) is 10.9 Å². The minimum atomic E-state index is -0.384. The minimum absolute atomic E-state index is 0.206. The largest absolute Gasteiger partial charge is 0.361 e. The van der Waals surface area contributed by atoms with E-state index in [-0.39, 0.29) is 12.3 Å². The number of H-pyrrole nitrogens is 1. The smallest absolute Gasteiger partial charge is 0.238 e. The van der Waals surface area contributed by atoms with E-state index in [2.05, 4.69) is 10.3 Å². The van der Waals surface area contributed by atoms with Crippen LogP contribution < -0.4 is 5.32 Å². The molecule has 0 atom stereocenters. The van der Waals surface area contributed by atoms with E-state index in [1.54, 1.807) is 30.5 Å². The molecule has 17 heavy (non-hydrogen) atoms. The van der Waals surface area contributed by atoms with Crippen molar-refractivity contribution < 1.29 is 4.79 Å². The van der Waals surface area contributed by atoms with E-state index in [4.69, 9.17) is 10.5 Å². The summed E-state index contributed by atoms with van der Waals surface area (Å²) in [5.41, 5.74) is 1.77. The number of carbonyl (C=O) groups excluding carboxylic acids is 1. The normalized spacial score (nSPS) is 9.53. The van der Waals surface area contributed by atoms with Crippen LogP contribution in [-0.2, 0) is 4.79 Å². The van der Waals surface area contributed by atoms with Gasteiger partial charge in [0.2, 0.25) is 5.91 Å². The quantitative estimate of drug-likeness (QED) is 0.815. The SMILES string of the molecule is N#CCC(=O)Nc1cc(C#N)cc2[nH]ccc12. The molecule has 5 heteroatoms. The molecule has 0 saturated carbocycles. The van der Waals surface area contributed by atoms with Gasteiger partial charge in [0.1, 0.15) is 6.42 Å². The van der Waals surface area contributed by atoms with Crippen molar-refractivity contribution in [2.24, 2.45) is 0 Å². The zero-order valence-corrected chi connectivity index (χ0v) is 8.82. The predicted octanol–water partition coefficient (Wildman–Crippen LogP) is 1.89. The van der Waals surface area contributed by atoms with Gasteiger partial charge in [-0.2, -0.15) is 10.5 Å². The fourth-order valence-corrected chi connectivity index (χ4v) is 1.60. The maximum absolute atomic E-state index is 11.4. The number of aromatic nitrogens is 1. The first-order chi connectivity index (χ1) is 8.24. The highest BCUT2D eigenvalue weighted by atomic mass is 16.1. The Morgan fingerprint density at radius 2 is 2.24 bits per heavy atom. The molecule has 0 saturated heterocycles. The molecule has 2 rings (SSSR count). The van der Waals surface area contributed by atoms with Crippen LogP contribution in [0.1, 0.15) is 12.0 Å². The van der Waals surface area contributed by atoms with Crippen LogP contribution >= 0.6 is 0 Å². The van der Waals surface area contributed by atoms with Gasteiger partial charge in [0.25, 0.3) is 0 Å². The number of hydrogen-bond acceptors (Lipinski definition) is 3.